The van der Waals surface area contributed by atoms with Crippen molar-refractivity contribution < 1.29 is 4.39 Å². The van der Waals surface area contributed by atoms with E-state index in [-0.39, 0.29) is 11.6 Å². The molecule has 0 amide bonds. The van der Waals surface area contributed by atoms with Gasteiger partial charge in [0.1, 0.15) is 11.9 Å². The van der Waals surface area contributed by atoms with E-state index in [0.29, 0.717) is 6.54 Å². The topological polar surface area (TPSA) is 53.6 Å². The van der Waals surface area contributed by atoms with Crippen LogP contribution in [0.4, 0.5) is 4.39 Å². The van der Waals surface area contributed by atoms with Crippen LogP contribution in [0, 0.1) is 17.1 Å². The van der Waals surface area contributed by atoms with Crippen LogP contribution in [0.15, 0.2) is 36.7 Å². The Bertz CT molecular complexity index is 572. The number of rotatable bonds is 5. The average molecular weight is 258 g/mol. The van der Waals surface area contributed by atoms with Gasteiger partial charge in [-0.2, -0.15) is 10.4 Å². The van der Waals surface area contributed by atoms with E-state index in [4.69, 9.17) is 5.26 Å². The fourth-order valence-corrected chi connectivity index (χ4v) is 1.81. The van der Waals surface area contributed by atoms with Crippen molar-refractivity contribution in [1.82, 2.24) is 15.1 Å². The molecule has 2 aromatic rings. The third-order valence-electron chi connectivity index (χ3n) is 2.83. The Balaban J connectivity index is 1.90. The number of hydrogen-bond acceptors (Lipinski definition) is 3. The van der Waals surface area contributed by atoms with Gasteiger partial charge in [-0.3, -0.25) is 4.68 Å². The van der Waals surface area contributed by atoms with Crippen LogP contribution in [-0.2, 0) is 13.1 Å². The maximum atomic E-state index is 13.2. The summed E-state index contributed by atoms with van der Waals surface area (Å²) >= 11 is 0. The molecule has 0 saturated heterocycles. The highest BCUT2D eigenvalue weighted by Gasteiger charge is 2.05. The summed E-state index contributed by atoms with van der Waals surface area (Å²) in [6, 6.07) is 8.54. The minimum atomic E-state index is -0.476. The van der Waals surface area contributed by atoms with Gasteiger partial charge in [0, 0.05) is 25.0 Å². The number of hydrogen-bond donors (Lipinski definition) is 1. The molecule has 1 unspecified atom stereocenters. The van der Waals surface area contributed by atoms with Crippen molar-refractivity contribution in [2.24, 2.45) is 0 Å². The van der Waals surface area contributed by atoms with E-state index >= 15 is 0 Å². The lowest BCUT2D eigenvalue weighted by atomic mass is 10.1. The Hall–Kier alpha value is -2.19. The van der Waals surface area contributed by atoms with E-state index in [1.54, 1.807) is 18.3 Å². The summed E-state index contributed by atoms with van der Waals surface area (Å²) in [5.74, 6) is -0.476. The molecule has 1 aromatic carbocycles. The zero-order valence-corrected chi connectivity index (χ0v) is 10.7. The first-order valence-electron chi connectivity index (χ1n) is 6.08. The number of nitriles is 1. The lowest BCUT2D eigenvalue weighted by molar-refractivity contribution is 0.450. The van der Waals surface area contributed by atoms with Crippen molar-refractivity contribution in [2.45, 2.75) is 26.1 Å². The maximum absolute atomic E-state index is 13.2. The highest BCUT2D eigenvalue weighted by Crippen LogP contribution is 2.09. The minimum Gasteiger partial charge on any atom is -0.308 e. The number of nitrogens with one attached hydrogen (secondary N) is 1. The minimum absolute atomic E-state index is 0.0824. The molecule has 0 spiro atoms. The van der Waals surface area contributed by atoms with Crippen molar-refractivity contribution in [2.75, 3.05) is 0 Å². The van der Waals surface area contributed by atoms with E-state index in [2.05, 4.69) is 17.3 Å². The van der Waals surface area contributed by atoms with Crippen molar-refractivity contribution in [1.29, 1.82) is 5.26 Å². The Morgan fingerprint density at radius 3 is 3.05 bits per heavy atom. The zero-order chi connectivity index (χ0) is 13.7. The molecule has 19 heavy (non-hydrogen) atoms. The summed E-state index contributed by atoms with van der Waals surface area (Å²) in [7, 11) is 0. The maximum Gasteiger partial charge on any atom is 0.140 e. The number of benzene rings is 1. The van der Waals surface area contributed by atoms with Gasteiger partial charge in [-0.1, -0.05) is 6.07 Å². The van der Waals surface area contributed by atoms with Gasteiger partial charge in [0.05, 0.1) is 12.1 Å². The molecule has 0 fully saturated rings. The van der Waals surface area contributed by atoms with Crippen LogP contribution in [0.3, 0.4) is 0 Å². The number of aromatic nitrogens is 2. The third-order valence-corrected chi connectivity index (χ3v) is 2.83. The van der Waals surface area contributed by atoms with Crippen LogP contribution < -0.4 is 5.32 Å². The van der Waals surface area contributed by atoms with Gasteiger partial charge >= 0.3 is 0 Å². The SMILES string of the molecule is CC(Cn1cccn1)NCc1ccc(F)c(C#N)c1. The molecule has 0 radical (unpaired) electrons. The Labute approximate surface area is 111 Å². The van der Waals surface area contributed by atoms with Crippen LogP contribution in [0.5, 0.6) is 0 Å². The first-order valence-corrected chi connectivity index (χ1v) is 6.08. The van der Waals surface area contributed by atoms with Gasteiger partial charge < -0.3 is 5.32 Å². The molecule has 0 aliphatic rings. The van der Waals surface area contributed by atoms with E-state index in [1.807, 2.05) is 23.0 Å². The molecule has 1 aromatic heterocycles. The van der Waals surface area contributed by atoms with Gasteiger partial charge in [-0.15, -0.1) is 0 Å². The first kappa shape index (κ1) is 13.2. The zero-order valence-electron chi connectivity index (χ0n) is 10.7. The molecule has 0 aliphatic carbocycles. The van der Waals surface area contributed by atoms with Crippen LogP contribution >= 0.6 is 0 Å². The molecule has 0 saturated carbocycles. The Morgan fingerprint density at radius 2 is 2.37 bits per heavy atom. The smallest absolute Gasteiger partial charge is 0.140 e. The summed E-state index contributed by atoms with van der Waals surface area (Å²) in [5, 5.41) is 16.2. The number of nitrogens with zero attached hydrogens (tertiary/aromatic N) is 3. The van der Waals surface area contributed by atoms with Crippen LogP contribution in [0.1, 0.15) is 18.1 Å². The largest absolute Gasteiger partial charge is 0.308 e. The molecule has 0 aliphatic heterocycles. The van der Waals surface area contributed by atoms with Gasteiger partial charge in [-0.05, 0) is 30.7 Å². The highest BCUT2D eigenvalue weighted by molar-refractivity contribution is 5.34. The second-order valence-electron chi connectivity index (χ2n) is 4.44. The lowest BCUT2D eigenvalue weighted by Crippen LogP contribution is -2.30. The van der Waals surface area contributed by atoms with E-state index in [1.165, 1.54) is 6.07 Å². The van der Waals surface area contributed by atoms with Crippen molar-refractivity contribution >= 4 is 0 Å². The van der Waals surface area contributed by atoms with Gasteiger partial charge in [-0.25, -0.2) is 4.39 Å². The van der Waals surface area contributed by atoms with E-state index in [9.17, 15) is 4.39 Å². The van der Waals surface area contributed by atoms with Gasteiger partial charge in [0.15, 0.2) is 0 Å². The normalized spacial score (nSPS) is 12.1. The summed E-state index contributed by atoms with van der Waals surface area (Å²) in [4.78, 5) is 0. The molecular formula is C14H15FN4. The quantitative estimate of drug-likeness (QED) is 0.893. The summed E-state index contributed by atoms with van der Waals surface area (Å²) in [6.45, 7) is 3.41. The predicted octanol–water partition coefficient (Wildman–Crippen LogP) is 2.07. The monoisotopic (exact) mass is 258 g/mol. The summed E-state index contributed by atoms with van der Waals surface area (Å²) in [6.07, 6.45) is 3.65. The molecule has 0 bridgehead atoms. The Morgan fingerprint density at radius 1 is 1.53 bits per heavy atom. The highest BCUT2D eigenvalue weighted by atomic mass is 19.1. The molecule has 98 valence electrons. The molecule has 1 atom stereocenters. The fraction of sp³-hybridized carbons (Fsp3) is 0.286. The van der Waals surface area contributed by atoms with Gasteiger partial charge in [0.25, 0.3) is 0 Å². The third kappa shape index (κ3) is 3.63. The Kier molecular flexibility index (Phi) is 4.26. The van der Waals surface area contributed by atoms with E-state index < -0.39 is 5.82 Å². The first-order chi connectivity index (χ1) is 9.19. The average Bonchev–Trinajstić information content (AvgIpc) is 2.90. The van der Waals surface area contributed by atoms with Crippen LogP contribution in [-0.4, -0.2) is 15.8 Å². The molecular weight excluding hydrogens is 243 g/mol. The standard InChI is InChI=1S/C14H15FN4/c1-11(10-19-6-2-5-18-19)17-9-12-3-4-14(15)13(7-12)8-16/h2-7,11,17H,9-10H2,1H3. The van der Waals surface area contributed by atoms with Crippen molar-refractivity contribution in [3.05, 3.63) is 53.6 Å². The molecule has 5 heteroatoms. The molecule has 1 N–H and O–H groups in total. The van der Waals surface area contributed by atoms with Gasteiger partial charge in [0.2, 0.25) is 0 Å². The molecule has 2 rings (SSSR count). The fourth-order valence-electron chi connectivity index (χ4n) is 1.81. The van der Waals surface area contributed by atoms with Crippen molar-refractivity contribution in [3.63, 3.8) is 0 Å². The second-order valence-corrected chi connectivity index (χ2v) is 4.44. The number of halogens is 1. The second kappa shape index (κ2) is 6.12. The molecule has 1 heterocycles. The van der Waals surface area contributed by atoms with Crippen LogP contribution in [0.25, 0.3) is 0 Å². The molecule has 4 nitrogen and oxygen atoms in total. The summed E-state index contributed by atoms with van der Waals surface area (Å²) in [5.41, 5.74) is 0.976. The van der Waals surface area contributed by atoms with Crippen LogP contribution in [0.2, 0.25) is 0 Å². The predicted molar refractivity (Wildman–Crippen MR) is 69.6 cm³/mol. The summed E-state index contributed by atoms with van der Waals surface area (Å²) < 4.78 is 15.0. The van der Waals surface area contributed by atoms with Crippen molar-refractivity contribution in [3.8, 4) is 6.07 Å². The van der Waals surface area contributed by atoms with E-state index in [0.717, 1.165) is 12.1 Å². The lowest BCUT2D eigenvalue weighted by Gasteiger charge is -2.14.